The molecule has 194 valence electrons. The van der Waals surface area contributed by atoms with Gasteiger partial charge < -0.3 is 38.7 Å². The molecular formula is C29H26N2O7. The summed E-state index contributed by atoms with van der Waals surface area (Å²) in [7, 11) is 6.17. The number of H-pyrrole nitrogens is 1. The minimum atomic E-state index is -0.278. The van der Waals surface area contributed by atoms with Crippen molar-refractivity contribution >= 4 is 21.8 Å². The molecule has 0 amide bonds. The standard InChI is InChI=1S/C29H26N2O7/c1-35-21-10-15(5-6-19(21)32)25-26-17-12-22(36-2)20(33)13-18(17)30-29(34)28(26)31-8-7-14-9-23(37-3)24(38-4)11-16(14)27(25)31/h5-6,9-13,32-33H,7-8H2,1-4H3,(H,30,34). The van der Waals surface area contributed by atoms with Gasteiger partial charge in [-0.25, -0.2) is 0 Å². The highest BCUT2D eigenvalue weighted by atomic mass is 16.5. The first kappa shape index (κ1) is 23.6. The number of aromatic amines is 1. The zero-order valence-electron chi connectivity index (χ0n) is 21.3. The molecule has 0 unspecified atom stereocenters. The molecule has 2 aromatic heterocycles. The van der Waals surface area contributed by atoms with Crippen molar-refractivity contribution in [1.29, 1.82) is 0 Å². The van der Waals surface area contributed by atoms with E-state index < -0.39 is 0 Å². The largest absolute Gasteiger partial charge is 0.504 e. The predicted octanol–water partition coefficient (Wildman–Crippen LogP) is 4.82. The van der Waals surface area contributed by atoms with Crippen LogP contribution in [-0.4, -0.2) is 48.2 Å². The van der Waals surface area contributed by atoms with Crippen LogP contribution in [0.5, 0.6) is 34.5 Å². The number of phenolic OH excluding ortho intramolecular Hbond substituents is 2. The Morgan fingerprint density at radius 2 is 1.50 bits per heavy atom. The van der Waals surface area contributed by atoms with Gasteiger partial charge in [-0.3, -0.25) is 4.79 Å². The number of aryl methyl sites for hydroxylation is 2. The Hall–Kier alpha value is -4.79. The first-order chi connectivity index (χ1) is 18.4. The average Bonchev–Trinajstić information content (AvgIpc) is 3.28. The number of pyridine rings is 1. The summed E-state index contributed by atoms with van der Waals surface area (Å²) in [6.07, 6.45) is 0.682. The van der Waals surface area contributed by atoms with Crippen molar-refractivity contribution < 1.29 is 29.2 Å². The minimum Gasteiger partial charge on any atom is -0.504 e. The number of hydrogen-bond donors (Lipinski definition) is 3. The van der Waals surface area contributed by atoms with E-state index in [1.165, 1.54) is 20.3 Å². The van der Waals surface area contributed by atoms with E-state index in [-0.39, 0.29) is 22.8 Å². The molecule has 3 heterocycles. The quantitative estimate of drug-likeness (QED) is 0.308. The first-order valence-corrected chi connectivity index (χ1v) is 12.0. The smallest absolute Gasteiger partial charge is 0.272 e. The fourth-order valence-corrected chi connectivity index (χ4v) is 5.54. The molecule has 0 saturated heterocycles. The van der Waals surface area contributed by atoms with Crippen LogP contribution in [0.15, 0.2) is 47.3 Å². The summed E-state index contributed by atoms with van der Waals surface area (Å²) in [4.78, 5) is 16.5. The summed E-state index contributed by atoms with van der Waals surface area (Å²) in [5.41, 5.74) is 5.03. The van der Waals surface area contributed by atoms with E-state index >= 15 is 0 Å². The van der Waals surface area contributed by atoms with Crippen molar-refractivity contribution in [2.24, 2.45) is 0 Å². The maximum atomic E-state index is 13.6. The van der Waals surface area contributed by atoms with E-state index in [2.05, 4.69) is 4.98 Å². The van der Waals surface area contributed by atoms with Crippen molar-refractivity contribution in [3.63, 3.8) is 0 Å². The van der Waals surface area contributed by atoms with Gasteiger partial charge in [0.1, 0.15) is 5.52 Å². The number of benzene rings is 3. The lowest BCUT2D eigenvalue weighted by Crippen LogP contribution is -2.16. The van der Waals surface area contributed by atoms with Crippen LogP contribution in [0.1, 0.15) is 5.56 Å². The fourth-order valence-electron chi connectivity index (χ4n) is 5.54. The molecule has 0 aliphatic carbocycles. The van der Waals surface area contributed by atoms with Crippen molar-refractivity contribution in [1.82, 2.24) is 9.55 Å². The second-order valence-electron chi connectivity index (χ2n) is 9.12. The summed E-state index contributed by atoms with van der Waals surface area (Å²) >= 11 is 0. The monoisotopic (exact) mass is 514 g/mol. The van der Waals surface area contributed by atoms with E-state index in [1.54, 1.807) is 38.5 Å². The minimum absolute atomic E-state index is 0.00901. The van der Waals surface area contributed by atoms with Crippen molar-refractivity contribution in [3.05, 3.63) is 58.4 Å². The summed E-state index contributed by atoms with van der Waals surface area (Å²) in [6, 6.07) is 12.3. The third kappa shape index (κ3) is 3.28. The number of methoxy groups -OCH3 is 4. The van der Waals surface area contributed by atoms with E-state index in [0.717, 1.165) is 27.9 Å². The maximum Gasteiger partial charge on any atom is 0.272 e. The SMILES string of the molecule is COc1cc(-c2c3n(c4c(=O)[nH]c5cc(O)c(OC)cc5c24)CCc2cc(OC)c(OC)cc2-3)ccc1O. The third-order valence-electron chi connectivity index (χ3n) is 7.25. The summed E-state index contributed by atoms with van der Waals surface area (Å²) in [5, 5.41) is 22.2. The number of rotatable bonds is 5. The van der Waals surface area contributed by atoms with Gasteiger partial charge in [0, 0.05) is 34.5 Å². The molecule has 0 bridgehead atoms. The van der Waals surface area contributed by atoms with Crippen molar-refractivity contribution in [2.75, 3.05) is 28.4 Å². The Morgan fingerprint density at radius 1 is 0.816 bits per heavy atom. The van der Waals surface area contributed by atoms with Crippen molar-refractivity contribution in [2.45, 2.75) is 13.0 Å². The lowest BCUT2D eigenvalue weighted by molar-refractivity contribution is 0.354. The van der Waals surface area contributed by atoms with Gasteiger partial charge in [0.25, 0.3) is 5.56 Å². The second-order valence-corrected chi connectivity index (χ2v) is 9.12. The predicted molar refractivity (Wildman–Crippen MR) is 144 cm³/mol. The number of hydrogen-bond acceptors (Lipinski definition) is 7. The van der Waals surface area contributed by atoms with Crippen LogP contribution in [0.3, 0.4) is 0 Å². The van der Waals surface area contributed by atoms with Gasteiger partial charge in [-0.2, -0.15) is 0 Å². The van der Waals surface area contributed by atoms with Crippen LogP contribution < -0.4 is 24.5 Å². The lowest BCUT2D eigenvalue weighted by Gasteiger charge is -2.23. The van der Waals surface area contributed by atoms with Crippen LogP contribution in [0.25, 0.3) is 44.2 Å². The molecule has 3 N–H and O–H groups in total. The number of fused-ring (bicyclic) bond motifs is 7. The van der Waals surface area contributed by atoms with E-state index in [9.17, 15) is 15.0 Å². The van der Waals surface area contributed by atoms with E-state index in [0.29, 0.717) is 52.0 Å². The van der Waals surface area contributed by atoms with Gasteiger partial charge in [-0.05, 0) is 47.9 Å². The molecule has 1 aliphatic heterocycles. The Bertz CT molecular complexity index is 1820. The molecule has 0 saturated carbocycles. The Balaban J connectivity index is 1.84. The highest BCUT2D eigenvalue weighted by molar-refractivity contribution is 6.17. The number of phenols is 2. The van der Waals surface area contributed by atoms with E-state index in [1.807, 2.05) is 16.7 Å². The van der Waals surface area contributed by atoms with Gasteiger partial charge in [0.15, 0.2) is 34.5 Å². The molecule has 3 aromatic carbocycles. The van der Waals surface area contributed by atoms with Crippen LogP contribution in [0.2, 0.25) is 0 Å². The molecule has 1 aliphatic rings. The van der Waals surface area contributed by atoms with Gasteiger partial charge in [-0.1, -0.05) is 6.07 Å². The Labute approximate surface area is 217 Å². The molecule has 9 heteroatoms. The highest BCUT2D eigenvalue weighted by Gasteiger charge is 2.30. The molecule has 0 fully saturated rings. The fraction of sp³-hybridized carbons (Fsp3) is 0.207. The van der Waals surface area contributed by atoms with Crippen molar-refractivity contribution in [3.8, 4) is 56.9 Å². The summed E-state index contributed by atoms with van der Waals surface area (Å²) < 4.78 is 24.0. The number of ether oxygens (including phenoxy) is 4. The number of aromatic hydroxyl groups is 2. The highest BCUT2D eigenvalue weighted by Crippen LogP contribution is 2.49. The average molecular weight is 515 g/mol. The lowest BCUT2D eigenvalue weighted by atomic mass is 9.91. The number of nitrogens with one attached hydrogen (secondary N) is 1. The zero-order chi connectivity index (χ0) is 26.7. The molecule has 0 atom stereocenters. The first-order valence-electron chi connectivity index (χ1n) is 12.0. The van der Waals surface area contributed by atoms with Crippen LogP contribution in [-0.2, 0) is 13.0 Å². The van der Waals surface area contributed by atoms with Gasteiger partial charge in [0.2, 0.25) is 0 Å². The number of nitrogens with zero attached hydrogens (tertiary/aromatic N) is 1. The molecular weight excluding hydrogens is 488 g/mol. The summed E-state index contributed by atoms with van der Waals surface area (Å²) in [6.45, 7) is 0.563. The Kier molecular flexibility index (Phi) is 5.37. The molecule has 9 nitrogen and oxygen atoms in total. The molecule has 38 heavy (non-hydrogen) atoms. The topological polar surface area (TPSA) is 115 Å². The second kappa shape index (κ2) is 8.65. The number of aromatic nitrogens is 2. The van der Waals surface area contributed by atoms with E-state index in [4.69, 9.17) is 18.9 Å². The Morgan fingerprint density at radius 3 is 2.21 bits per heavy atom. The third-order valence-corrected chi connectivity index (χ3v) is 7.25. The van der Waals surface area contributed by atoms with Gasteiger partial charge in [-0.15, -0.1) is 0 Å². The molecule has 6 rings (SSSR count). The molecule has 0 radical (unpaired) electrons. The van der Waals surface area contributed by atoms with Crippen LogP contribution in [0, 0.1) is 0 Å². The van der Waals surface area contributed by atoms with Gasteiger partial charge in [0.05, 0.1) is 39.6 Å². The van der Waals surface area contributed by atoms with Crippen LogP contribution >= 0.6 is 0 Å². The summed E-state index contributed by atoms with van der Waals surface area (Å²) in [5.74, 6) is 1.74. The molecule has 0 spiro atoms. The normalized spacial score (nSPS) is 12.3. The maximum absolute atomic E-state index is 13.6. The molecule has 5 aromatic rings. The van der Waals surface area contributed by atoms with Gasteiger partial charge >= 0.3 is 0 Å². The van der Waals surface area contributed by atoms with Crippen LogP contribution in [0.4, 0.5) is 0 Å². The zero-order valence-corrected chi connectivity index (χ0v) is 21.3.